The van der Waals surface area contributed by atoms with Crippen LogP contribution in [-0.4, -0.2) is 35.8 Å². The summed E-state index contributed by atoms with van der Waals surface area (Å²) in [5, 5.41) is 4.43. The number of carbonyl (C=O) groups excluding carboxylic acids is 2. The van der Waals surface area contributed by atoms with Gasteiger partial charge < -0.3 is 14.6 Å². The van der Waals surface area contributed by atoms with Gasteiger partial charge in [-0.3, -0.25) is 9.59 Å². The molecule has 134 valence electrons. The lowest BCUT2D eigenvalue weighted by atomic mass is 9.95. The molecule has 25 heavy (non-hydrogen) atoms. The largest absolute Gasteiger partial charge is 0.451 e. The Morgan fingerprint density at radius 2 is 1.96 bits per heavy atom. The molecule has 1 N–H and O–H groups in total. The van der Waals surface area contributed by atoms with Gasteiger partial charge in [-0.25, -0.2) is 0 Å². The van der Waals surface area contributed by atoms with Crippen LogP contribution in [0.4, 0.5) is 0 Å². The number of furan rings is 1. The quantitative estimate of drug-likeness (QED) is 0.903. The van der Waals surface area contributed by atoms with Crippen molar-refractivity contribution in [1.29, 1.82) is 0 Å². The Morgan fingerprint density at radius 3 is 2.60 bits per heavy atom. The smallest absolute Gasteiger partial charge is 0.289 e. The maximum absolute atomic E-state index is 12.8. The van der Waals surface area contributed by atoms with E-state index in [0.717, 1.165) is 10.9 Å². The van der Waals surface area contributed by atoms with E-state index in [0.29, 0.717) is 42.3 Å². The van der Waals surface area contributed by atoms with Gasteiger partial charge in [0.15, 0.2) is 5.76 Å². The maximum Gasteiger partial charge on any atom is 0.289 e. The summed E-state index contributed by atoms with van der Waals surface area (Å²) in [7, 11) is 0. The molecule has 0 spiro atoms. The standard InChI is InChI=1S/C19H23ClN2O3/c1-11(2)21-18(23)13-6-8-22(9-7-13)19(24)17-12(3)15-10-14(20)4-5-16(15)25-17/h4-5,10-11,13H,6-9H2,1-3H3,(H,21,23). The second-order valence-electron chi connectivity index (χ2n) is 6.93. The molecule has 1 saturated heterocycles. The Kier molecular flexibility index (Phi) is 5.04. The minimum absolute atomic E-state index is 0.0259. The molecule has 5 nitrogen and oxygen atoms in total. The molecule has 0 aliphatic carbocycles. The molecule has 0 atom stereocenters. The average Bonchev–Trinajstić information content (AvgIpc) is 2.90. The molecule has 2 aromatic rings. The van der Waals surface area contributed by atoms with Crippen molar-refractivity contribution in [2.24, 2.45) is 5.92 Å². The molecular weight excluding hydrogens is 340 g/mol. The molecule has 2 heterocycles. The van der Waals surface area contributed by atoms with Crippen LogP contribution >= 0.6 is 11.6 Å². The number of halogens is 1. The van der Waals surface area contributed by atoms with Gasteiger partial charge in [0.25, 0.3) is 5.91 Å². The maximum atomic E-state index is 12.8. The number of benzene rings is 1. The Balaban J connectivity index is 1.71. The number of carbonyl (C=O) groups is 2. The third-order valence-corrected chi connectivity index (χ3v) is 4.91. The van der Waals surface area contributed by atoms with E-state index in [1.54, 1.807) is 17.0 Å². The molecule has 1 aliphatic heterocycles. The summed E-state index contributed by atoms with van der Waals surface area (Å²) in [6.07, 6.45) is 1.35. The van der Waals surface area contributed by atoms with Crippen LogP contribution in [0.25, 0.3) is 11.0 Å². The van der Waals surface area contributed by atoms with Crippen LogP contribution in [0.1, 0.15) is 42.8 Å². The van der Waals surface area contributed by atoms with Gasteiger partial charge >= 0.3 is 0 Å². The number of likely N-dealkylation sites (tertiary alicyclic amines) is 1. The first-order valence-corrected chi connectivity index (χ1v) is 9.03. The lowest BCUT2D eigenvalue weighted by Crippen LogP contribution is -2.44. The van der Waals surface area contributed by atoms with Gasteiger partial charge in [-0.15, -0.1) is 0 Å². The zero-order valence-electron chi connectivity index (χ0n) is 14.8. The number of amides is 2. The van der Waals surface area contributed by atoms with Crippen molar-refractivity contribution in [1.82, 2.24) is 10.2 Å². The van der Waals surface area contributed by atoms with Crippen LogP contribution in [0.2, 0.25) is 5.02 Å². The lowest BCUT2D eigenvalue weighted by molar-refractivity contribution is -0.126. The summed E-state index contributed by atoms with van der Waals surface area (Å²) in [6, 6.07) is 5.48. The van der Waals surface area contributed by atoms with Crippen molar-refractivity contribution >= 4 is 34.4 Å². The summed E-state index contributed by atoms with van der Waals surface area (Å²) < 4.78 is 5.77. The van der Waals surface area contributed by atoms with Crippen molar-refractivity contribution in [3.63, 3.8) is 0 Å². The Bertz CT molecular complexity index is 804. The Morgan fingerprint density at radius 1 is 1.28 bits per heavy atom. The molecule has 6 heteroatoms. The molecule has 2 amide bonds. The minimum Gasteiger partial charge on any atom is -0.451 e. The van der Waals surface area contributed by atoms with E-state index < -0.39 is 0 Å². The normalized spacial score (nSPS) is 15.8. The monoisotopic (exact) mass is 362 g/mol. The fourth-order valence-electron chi connectivity index (χ4n) is 3.29. The Labute approximate surface area is 152 Å². The molecular formula is C19H23ClN2O3. The van der Waals surface area contributed by atoms with Gasteiger partial charge in [-0.1, -0.05) is 11.6 Å². The van der Waals surface area contributed by atoms with E-state index in [1.165, 1.54) is 0 Å². The topological polar surface area (TPSA) is 62.6 Å². The highest BCUT2D eigenvalue weighted by molar-refractivity contribution is 6.31. The van der Waals surface area contributed by atoms with E-state index in [1.807, 2.05) is 26.8 Å². The first kappa shape index (κ1) is 17.8. The van der Waals surface area contributed by atoms with Gasteiger partial charge in [0.05, 0.1) is 0 Å². The van der Waals surface area contributed by atoms with Crippen molar-refractivity contribution in [2.45, 2.75) is 39.7 Å². The van der Waals surface area contributed by atoms with Crippen LogP contribution < -0.4 is 5.32 Å². The molecule has 0 radical (unpaired) electrons. The summed E-state index contributed by atoms with van der Waals surface area (Å²) in [5.41, 5.74) is 1.47. The van der Waals surface area contributed by atoms with Crippen LogP contribution in [0.5, 0.6) is 0 Å². The molecule has 3 rings (SSSR count). The predicted molar refractivity (Wildman–Crippen MR) is 97.9 cm³/mol. The number of hydrogen-bond donors (Lipinski definition) is 1. The number of fused-ring (bicyclic) bond motifs is 1. The zero-order chi connectivity index (χ0) is 18.1. The fourth-order valence-corrected chi connectivity index (χ4v) is 3.46. The third-order valence-electron chi connectivity index (χ3n) is 4.68. The zero-order valence-corrected chi connectivity index (χ0v) is 15.5. The number of rotatable bonds is 3. The van der Waals surface area contributed by atoms with Gasteiger partial charge in [0.1, 0.15) is 5.58 Å². The Hall–Kier alpha value is -2.01. The number of piperidine rings is 1. The second kappa shape index (κ2) is 7.08. The molecule has 1 aromatic carbocycles. The van der Waals surface area contributed by atoms with E-state index in [9.17, 15) is 9.59 Å². The molecule has 0 bridgehead atoms. The van der Waals surface area contributed by atoms with Crippen LogP contribution in [0.15, 0.2) is 22.6 Å². The van der Waals surface area contributed by atoms with E-state index in [2.05, 4.69) is 5.32 Å². The number of hydrogen-bond acceptors (Lipinski definition) is 3. The van der Waals surface area contributed by atoms with Crippen LogP contribution in [0, 0.1) is 12.8 Å². The number of nitrogens with one attached hydrogen (secondary N) is 1. The van der Waals surface area contributed by atoms with Crippen molar-refractivity contribution < 1.29 is 14.0 Å². The highest BCUT2D eigenvalue weighted by Crippen LogP contribution is 2.29. The van der Waals surface area contributed by atoms with E-state index >= 15 is 0 Å². The SMILES string of the molecule is Cc1c(C(=O)N2CCC(C(=O)NC(C)C)CC2)oc2ccc(Cl)cc12. The fraction of sp³-hybridized carbons (Fsp3) is 0.474. The predicted octanol–water partition coefficient (Wildman–Crippen LogP) is 3.77. The van der Waals surface area contributed by atoms with Gasteiger partial charge in [-0.2, -0.15) is 0 Å². The highest BCUT2D eigenvalue weighted by atomic mass is 35.5. The highest BCUT2D eigenvalue weighted by Gasteiger charge is 2.30. The minimum atomic E-state index is -0.118. The lowest BCUT2D eigenvalue weighted by Gasteiger charge is -2.31. The van der Waals surface area contributed by atoms with Crippen LogP contribution in [0.3, 0.4) is 0 Å². The van der Waals surface area contributed by atoms with Crippen molar-refractivity contribution in [3.8, 4) is 0 Å². The first-order valence-electron chi connectivity index (χ1n) is 8.65. The first-order chi connectivity index (χ1) is 11.9. The molecule has 1 aliphatic rings. The molecule has 1 fully saturated rings. The number of aryl methyl sites for hydroxylation is 1. The summed E-state index contributed by atoms with van der Waals surface area (Å²) >= 11 is 6.03. The van der Waals surface area contributed by atoms with Gasteiger partial charge in [0.2, 0.25) is 5.91 Å². The number of nitrogens with zero attached hydrogens (tertiary/aromatic N) is 1. The summed E-state index contributed by atoms with van der Waals surface area (Å²) in [5.74, 6) is 0.300. The van der Waals surface area contributed by atoms with E-state index in [4.69, 9.17) is 16.0 Å². The molecule has 0 unspecified atom stereocenters. The van der Waals surface area contributed by atoms with Gasteiger partial charge in [0, 0.05) is 41.0 Å². The van der Waals surface area contributed by atoms with E-state index in [-0.39, 0.29) is 23.8 Å². The van der Waals surface area contributed by atoms with Crippen LogP contribution in [-0.2, 0) is 4.79 Å². The molecule has 0 saturated carbocycles. The van der Waals surface area contributed by atoms with Crippen molar-refractivity contribution in [3.05, 3.63) is 34.5 Å². The average molecular weight is 363 g/mol. The van der Waals surface area contributed by atoms with Gasteiger partial charge in [-0.05, 0) is 51.8 Å². The summed E-state index contributed by atoms with van der Waals surface area (Å²) in [6.45, 7) is 6.90. The second-order valence-corrected chi connectivity index (χ2v) is 7.36. The summed E-state index contributed by atoms with van der Waals surface area (Å²) in [4.78, 5) is 26.7. The van der Waals surface area contributed by atoms with Crippen molar-refractivity contribution in [2.75, 3.05) is 13.1 Å². The third kappa shape index (κ3) is 3.66. The molecule has 1 aromatic heterocycles.